The summed E-state index contributed by atoms with van der Waals surface area (Å²) in [6, 6.07) is 4.84. The van der Waals surface area contributed by atoms with E-state index in [9.17, 15) is 23.1 Å². The van der Waals surface area contributed by atoms with E-state index in [4.69, 9.17) is 17.3 Å². The summed E-state index contributed by atoms with van der Waals surface area (Å²) in [5.41, 5.74) is 8.87. The van der Waals surface area contributed by atoms with Gasteiger partial charge < -0.3 is 20.3 Å². The average molecular weight is 506 g/mol. The van der Waals surface area contributed by atoms with E-state index in [1.165, 1.54) is 11.1 Å². The van der Waals surface area contributed by atoms with Crippen molar-refractivity contribution in [3.8, 4) is 11.4 Å². The Morgan fingerprint density at radius 3 is 2.66 bits per heavy atom. The lowest BCUT2D eigenvalue weighted by Crippen LogP contribution is -2.39. The fourth-order valence-electron chi connectivity index (χ4n) is 4.48. The van der Waals surface area contributed by atoms with Crippen molar-refractivity contribution in [2.45, 2.75) is 33.1 Å². The van der Waals surface area contributed by atoms with Gasteiger partial charge in [0, 0.05) is 30.2 Å². The maximum Gasteiger partial charge on any atom is 0.451 e. The summed E-state index contributed by atoms with van der Waals surface area (Å²) in [5.74, 6) is -1.46. The Kier molecular flexibility index (Phi) is 5.16. The Hall–Kier alpha value is -3.80. The second-order valence-corrected chi connectivity index (χ2v) is 8.75. The number of aryl methyl sites for hydroxylation is 1. The first kappa shape index (κ1) is 23.0. The largest absolute Gasteiger partial charge is 0.508 e. The molecule has 1 aliphatic rings. The Morgan fingerprint density at radius 1 is 1.20 bits per heavy atom. The van der Waals surface area contributed by atoms with E-state index in [1.807, 2.05) is 6.92 Å². The molecule has 5 rings (SSSR count). The van der Waals surface area contributed by atoms with Crippen molar-refractivity contribution < 1.29 is 23.1 Å². The highest BCUT2D eigenvalue weighted by atomic mass is 35.5. The highest BCUT2D eigenvalue weighted by molar-refractivity contribution is 6.31. The van der Waals surface area contributed by atoms with Crippen molar-refractivity contribution in [2.24, 2.45) is 0 Å². The van der Waals surface area contributed by atoms with Gasteiger partial charge in [0.05, 0.1) is 22.8 Å². The van der Waals surface area contributed by atoms with Crippen molar-refractivity contribution in [3.05, 3.63) is 57.8 Å². The molecule has 4 aromatic rings. The van der Waals surface area contributed by atoms with Gasteiger partial charge in [-0.3, -0.25) is 9.36 Å². The third-order valence-electron chi connectivity index (χ3n) is 6.15. The van der Waals surface area contributed by atoms with Gasteiger partial charge in [-0.15, -0.1) is 10.2 Å². The van der Waals surface area contributed by atoms with Gasteiger partial charge in [0.25, 0.3) is 5.91 Å². The summed E-state index contributed by atoms with van der Waals surface area (Å²) in [5, 5.41) is 17.8. The number of phenolic OH excluding ortho intramolecular Hbond substituents is 1. The molecule has 0 saturated heterocycles. The monoisotopic (exact) mass is 505 g/mol. The molecule has 1 aliphatic heterocycles. The first-order valence-electron chi connectivity index (χ1n) is 10.5. The molecule has 0 aliphatic carbocycles. The van der Waals surface area contributed by atoms with Crippen LogP contribution >= 0.6 is 11.6 Å². The Labute approximate surface area is 201 Å². The number of nitrogen functional groups attached to an aromatic ring is 1. The number of hydrogen-bond donors (Lipinski definition) is 2. The highest BCUT2D eigenvalue weighted by Crippen LogP contribution is 2.37. The van der Waals surface area contributed by atoms with Gasteiger partial charge in [0.2, 0.25) is 5.82 Å². The minimum Gasteiger partial charge on any atom is -0.508 e. The Bertz CT molecular complexity index is 1510. The lowest BCUT2D eigenvalue weighted by molar-refractivity contribution is -0.147. The normalized spacial score (nSPS) is 13.9. The van der Waals surface area contributed by atoms with Gasteiger partial charge in [0.15, 0.2) is 5.82 Å². The summed E-state index contributed by atoms with van der Waals surface area (Å²) in [6.45, 7) is 3.25. The Morgan fingerprint density at radius 2 is 1.94 bits per heavy atom. The third kappa shape index (κ3) is 3.55. The van der Waals surface area contributed by atoms with Crippen LogP contribution in [0.15, 0.2) is 24.4 Å². The molecule has 1 aromatic carbocycles. The number of carbonyl (C=O) groups is 1. The molecule has 3 N–H and O–H groups in total. The molecular formula is C22H19ClF3N7O2. The van der Waals surface area contributed by atoms with Crippen LogP contribution in [-0.2, 0) is 19.3 Å². The molecule has 0 bridgehead atoms. The van der Waals surface area contributed by atoms with Crippen LogP contribution in [0.3, 0.4) is 0 Å². The van der Waals surface area contributed by atoms with Crippen molar-refractivity contribution in [3.63, 3.8) is 0 Å². The number of hydrogen-bond acceptors (Lipinski definition) is 6. The summed E-state index contributed by atoms with van der Waals surface area (Å²) in [6.07, 6.45) is -3.22. The van der Waals surface area contributed by atoms with Crippen LogP contribution in [0.5, 0.6) is 5.75 Å². The molecule has 4 heterocycles. The molecule has 0 fully saturated rings. The maximum absolute atomic E-state index is 13.7. The van der Waals surface area contributed by atoms with Crippen molar-refractivity contribution in [1.29, 1.82) is 0 Å². The number of pyridine rings is 1. The lowest BCUT2D eigenvalue weighted by Gasteiger charge is -2.28. The molecule has 0 saturated carbocycles. The van der Waals surface area contributed by atoms with Crippen LogP contribution in [0, 0.1) is 13.8 Å². The number of anilines is 1. The number of phenols is 1. The van der Waals surface area contributed by atoms with Crippen LogP contribution in [0.25, 0.3) is 16.7 Å². The second-order valence-electron chi connectivity index (χ2n) is 8.31. The minimum atomic E-state index is -4.64. The van der Waals surface area contributed by atoms with Gasteiger partial charge in [-0.1, -0.05) is 17.7 Å². The van der Waals surface area contributed by atoms with Crippen molar-refractivity contribution in [1.82, 2.24) is 29.2 Å². The van der Waals surface area contributed by atoms with Crippen molar-refractivity contribution in [2.75, 3.05) is 12.3 Å². The van der Waals surface area contributed by atoms with E-state index >= 15 is 0 Å². The molecule has 0 spiro atoms. The van der Waals surface area contributed by atoms with Gasteiger partial charge >= 0.3 is 6.18 Å². The van der Waals surface area contributed by atoms with Crippen LogP contribution in [0.2, 0.25) is 5.02 Å². The summed E-state index contributed by atoms with van der Waals surface area (Å²) in [7, 11) is 0. The van der Waals surface area contributed by atoms with E-state index in [0.29, 0.717) is 22.3 Å². The Balaban J connectivity index is 1.64. The van der Waals surface area contributed by atoms with Gasteiger partial charge in [-0.05, 0) is 31.5 Å². The molecule has 1 amide bonds. The number of carbonyl (C=O) groups excluding carboxylic acids is 1. The molecule has 3 aromatic heterocycles. The highest BCUT2D eigenvalue weighted by Gasteiger charge is 2.40. The SMILES string of the molecule is Cc1ccc(O)c(C)c1-n1c(N)c(C(=O)N2CCn3c(nnc3C(F)(F)F)C2)c2cc(Cl)cnc21. The molecule has 13 heteroatoms. The first-order valence-corrected chi connectivity index (χ1v) is 10.9. The number of nitrogens with two attached hydrogens (primary N) is 1. The van der Waals surface area contributed by atoms with E-state index in [0.717, 1.165) is 10.1 Å². The number of alkyl halides is 3. The number of aromatic hydroxyl groups is 1. The standard InChI is InChI=1S/C22H19ClF3N7O2/c1-10-3-4-14(34)11(2)17(10)33-18(27)16(13-7-12(23)8-28-19(13)33)20(35)31-5-6-32-15(9-31)29-30-21(32)22(24,25)26/h3-4,7-8,34H,5-6,9,27H2,1-2H3. The second kappa shape index (κ2) is 7.87. The van der Waals surface area contributed by atoms with Crippen LogP contribution < -0.4 is 5.73 Å². The molecule has 0 unspecified atom stereocenters. The molecule has 182 valence electrons. The number of halogens is 4. The molecule has 35 heavy (non-hydrogen) atoms. The zero-order valence-corrected chi connectivity index (χ0v) is 19.3. The number of fused-ring (bicyclic) bond motifs is 2. The maximum atomic E-state index is 13.7. The zero-order valence-electron chi connectivity index (χ0n) is 18.6. The quantitative estimate of drug-likeness (QED) is 0.427. The fraction of sp³-hybridized carbons (Fsp3) is 0.273. The average Bonchev–Trinajstić information content (AvgIpc) is 3.34. The number of nitrogens with zero attached hydrogens (tertiary/aromatic N) is 6. The number of benzene rings is 1. The summed E-state index contributed by atoms with van der Waals surface area (Å²) < 4.78 is 42.1. The topological polar surface area (TPSA) is 115 Å². The first-order chi connectivity index (χ1) is 16.5. The predicted molar refractivity (Wildman–Crippen MR) is 121 cm³/mol. The van der Waals surface area contributed by atoms with E-state index in [2.05, 4.69) is 15.2 Å². The van der Waals surface area contributed by atoms with E-state index in [1.54, 1.807) is 29.7 Å². The number of amides is 1. The zero-order chi connectivity index (χ0) is 25.2. The molecule has 0 radical (unpaired) electrons. The summed E-state index contributed by atoms with van der Waals surface area (Å²) >= 11 is 6.18. The van der Waals surface area contributed by atoms with Crippen molar-refractivity contribution >= 4 is 34.4 Å². The lowest BCUT2D eigenvalue weighted by atomic mass is 10.1. The minimum absolute atomic E-state index is 0.00274. The molecule has 0 atom stereocenters. The van der Waals surface area contributed by atoms with E-state index < -0.39 is 17.9 Å². The number of rotatable bonds is 2. The van der Waals surface area contributed by atoms with Crippen LogP contribution in [0.4, 0.5) is 19.0 Å². The fourth-order valence-corrected chi connectivity index (χ4v) is 4.63. The smallest absolute Gasteiger partial charge is 0.451 e. The summed E-state index contributed by atoms with van der Waals surface area (Å²) in [4.78, 5) is 19.4. The third-order valence-corrected chi connectivity index (χ3v) is 6.35. The van der Waals surface area contributed by atoms with Crippen LogP contribution in [0.1, 0.15) is 33.1 Å². The van der Waals surface area contributed by atoms with E-state index in [-0.39, 0.29) is 47.6 Å². The molecular weight excluding hydrogens is 487 g/mol. The van der Waals surface area contributed by atoms with Crippen LogP contribution in [-0.4, -0.2) is 46.8 Å². The van der Waals surface area contributed by atoms with Gasteiger partial charge in [-0.25, -0.2) is 4.98 Å². The predicted octanol–water partition coefficient (Wildman–Crippen LogP) is 3.85. The van der Waals surface area contributed by atoms with Gasteiger partial charge in [-0.2, -0.15) is 13.2 Å². The molecule has 9 nitrogen and oxygen atoms in total. The number of aromatic nitrogens is 5. The van der Waals surface area contributed by atoms with Gasteiger partial charge in [0.1, 0.15) is 17.2 Å².